The Labute approximate surface area is 178 Å². The van der Waals surface area contributed by atoms with Crippen molar-refractivity contribution in [3.8, 4) is 11.3 Å². The van der Waals surface area contributed by atoms with E-state index >= 15 is 0 Å². The lowest BCUT2D eigenvalue weighted by molar-refractivity contribution is 0.563. The summed E-state index contributed by atoms with van der Waals surface area (Å²) in [4.78, 5) is 7.52. The Bertz CT molecular complexity index is 1240. The zero-order chi connectivity index (χ0) is 20.3. The summed E-state index contributed by atoms with van der Waals surface area (Å²) in [6.07, 6.45) is 3.28. The molecule has 0 saturated heterocycles. The van der Waals surface area contributed by atoms with Crippen LogP contribution < -0.4 is 4.90 Å². The smallest absolute Gasteiger partial charge is 0.168 e. The SMILES string of the molecule is CCC(CC)N1CCc2c(C)nc3c(-c4oc5ccccc5c4Br)c(C)nn3c21. The van der Waals surface area contributed by atoms with Crippen molar-refractivity contribution in [2.24, 2.45) is 0 Å². The molecule has 0 saturated carbocycles. The van der Waals surface area contributed by atoms with Crippen LogP contribution in [0.2, 0.25) is 0 Å². The van der Waals surface area contributed by atoms with E-state index in [1.165, 1.54) is 11.4 Å². The van der Waals surface area contributed by atoms with Gasteiger partial charge in [-0.25, -0.2) is 4.98 Å². The molecule has 1 aliphatic heterocycles. The minimum Gasteiger partial charge on any atom is -0.455 e. The van der Waals surface area contributed by atoms with Crippen molar-refractivity contribution >= 4 is 38.4 Å². The van der Waals surface area contributed by atoms with Crippen LogP contribution >= 0.6 is 15.9 Å². The first-order chi connectivity index (χ1) is 14.0. The summed E-state index contributed by atoms with van der Waals surface area (Å²) in [5.41, 5.74) is 6.05. The van der Waals surface area contributed by atoms with E-state index in [0.29, 0.717) is 6.04 Å². The first-order valence-corrected chi connectivity index (χ1v) is 11.2. The van der Waals surface area contributed by atoms with Gasteiger partial charge in [-0.15, -0.1) is 0 Å². The van der Waals surface area contributed by atoms with Crippen molar-refractivity contribution < 1.29 is 4.42 Å². The molecule has 5 rings (SSSR count). The Kier molecular flexibility index (Phi) is 4.42. The Morgan fingerprint density at radius 1 is 1.14 bits per heavy atom. The molecule has 0 bridgehead atoms. The third-order valence-corrected chi connectivity index (χ3v) is 7.02. The van der Waals surface area contributed by atoms with Crippen LogP contribution in [0.25, 0.3) is 27.9 Å². The average Bonchev–Trinajstić information content (AvgIpc) is 3.38. The molecular weight excluding hydrogens is 428 g/mol. The molecule has 0 amide bonds. The highest BCUT2D eigenvalue weighted by atomic mass is 79.9. The Balaban J connectivity index is 1.79. The molecule has 0 atom stereocenters. The lowest BCUT2D eigenvalue weighted by Crippen LogP contribution is -2.34. The third-order valence-electron chi connectivity index (χ3n) is 6.24. The highest BCUT2D eigenvalue weighted by Crippen LogP contribution is 2.42. The van der Waals surface area contributed by atoms with Crippen molar-refractivity contribution in [3.63, 3.8) is 0 Å². The van der Waals surface area contributed by atoms with Gasteiger partial charge in [0.15, 0.2) is 11.4 Å². The molecule has 0 spiro atoms. The van der Waals surface area contributed by atoms with Gasteiger partial charge in [0.05, 0.1) is 15.7 Å². The van der Waals surface area contributed by atoms with Gasteiger partial charge in [-0.1, -0.05) is 26.0 Å². The van der Waals surface area contributed by atoms with Crippen molar-refractivity contribution in [2.75, 3.05) is 11.4 Å². The third kappa shape index (κ3) is 2.65. The summed E-state index contributed by atoms with van der Waals surface area (Å²) in [6.45, 7) is 9.73. The molecule has 150 valence electrons. The van der Waals surface area contributed by atoms with Gasteiger partial charge in [0.25, 0.3) is 0 Å². The molecule has 6 heteroatoms. The number of benzene rings is 1. The van der Waals surface area contributed by atoms with Gasteiger partial charge in [0, 0.05) is 29.2 Å². The first-order valence-electron chi connectivity index (χ1n) is 10.4. The van der Waals surface area contributed by atoms with Gasteiger partial charge >= 0.3 is 0 Å². The Morgan fingerprint density at radius 3 is 2.62 bits per heavy atom. The van der Waals surface area contributed by atoms with Crippen LogP contribution in [0.15, 0.2) is 33.2 Å². The molecule has 0 N–H and O–H groups in total. The van der Waals surface area contributed by atoms with Crippen molar-refractivity contribution in [3.05, 3.63) is 45.7 Å². The lowest BCUT2D eigenvalue weighted by atomic mass is 10.1. The van der Waals surface area contributed by atoms with E-state index < -0.39 is 0 Å². The fraction of sp³-hybridized carbons (Fsp3) is 0.391. The molecule has 0 unspecified atom stereocenters. The highest BCUT2D eigenvalue weighted by molar-refractivity contribution is 9.10. The predicted octanol–water partition coefficient (Wildman–Crippen LogP) is 6.07. The summed E-state index contributed by atoms with van der Waals surface area (Å²) >= 11 is 3.76. The quantitative estimate of drug-likeness (QED) is 0.376. The van der Waals surface area contributed by atoms with E-state index in [9.17, 15) is 0 Å². The monoisotopic (exact) mass is 452 g/mol. The molecule has 0 fully saturated rings. The molecule has 0 aliphatic carbocycles. The molecular formula is C23H25BrN4O. The van der Waals surface area contributed by atoms with Crippen molar-refractivity contribution in [2.45, 2.75) is 53.0 Å². The summed E-state index contributed by atoms with van der Waals surface area (Å²) in [6, 6.07) is 8.60. The minimum atomic E-state index is 0.521. The van der Waals surface area contributed by atoms with Crippen LogP contribution in [0.5, 0.6) is 0 Å². The standard InChI is InChI=1S/C23H25BrN4O/c1-5-15(6-2)27-12-11-16-13(3)25-22-19(14(4)26-28(22)23(16)27)21-20(24)17-9-7-8-10-18(17)29-21/h7-10,15H,5-6,11-12H2,1-4H3. The average molecular weight is 453 g/mol. The molecule has 4 heterocycles. The molecule has 3 aromatic heterocycles. The van der Waals surface area contributed by atoms with E-state index in [-0.39, 0.29) is 0 Å². The topological polar surface area (TPSA) is 46.6 Å². The number of halogens is 1. The predicted molar refractivity (Wildman–Crippen MR) is 121 cm³/mol. The zero-order valence-corrected chi connectivity index (χ0v) is 18.9. The van der Waals surface area contributed by atoms with Crippen molar-refractivity contribution in [1.29, 1.82) is 0 Å². The number of rotatable bonds is 4. The van der Waals surface area contributed by atoms with E-state index in [0.717, 1.165) is 69.6 Å². The number of aryl methyl sites for hydroxylation is 2. The van der Waals surface area contributed by atoms with E-state index in [2.05, 4.69) is 52.2 Å². The maximum absolute atomic E-state index is 6.25. The number of para-hydroxylation sites is 1. The number of fused-ring (bicyclic) bond motifs is 4. The molecule has 0 radical (unpaired) electrons. The summed E-state index contributed by atoms with van der Waals surface area (Å²) in [5, 5.41) is 6.01. The van der Waals surface area contributed by atoms with Crippen LogP contribution in [-0.4, -0.2) is 27.2 Å². The maximum atomic E-state index is 6.25. The molecule has 1 aliphatic rings. The number of furan rings is 1. The Hall–Kier alpha value is -2.34. The second kappa shape index (κ2) is 6.87. The molecule has 5 nitrogen and oxygen atoms in total. The highest BCUT2D eigenvalue weighted by Gasteiger charge is 2.32. The number of nitrogens with zero attached hydrogens (tertiary/aromatic N) is 4. The number of aromatic nitrogens is 3. The minimum absolute atomic E-state index is 0.521. The van der Waals surface area contributed by atoms with Crippen LogP contribution in [-0.2, 0) is 6.42 Å². The lowest BCUT2D eigenvalue weighted by Gasteiger charge is -2.28. The number of anilines is 1. The van der Waals surface area contributed by atoms with Gasteiger partial charge in [-0.3, -0.25) is 0 Å². The largest absolute Gasteiger partial charge is 0.455 e. The van der Waals surface area contributed by atoms with Gasteiger partial charge in [-0.2, -0.15) is 9.61 Å². The second-order valence-electron chi connectivity index (χ2n) is 7.85. The van der Waals surface area contributed by atoms with Gasteiger partial charge < -0.3 is 9.32 Å². The maximum Gasteiger partial charge on any atom is 0.168 e. The van der Waals surface area contributed by atoms with E-state index in [1.54, 1.807) is 0 Å². The fourth-order valence-electron chi connectivity index (χ4n) is 4.73. The van der Waals surface area contributed by atoms with Crippen LogP contribution in [0.1, 0.15) is 43.6 Å². The second-order valence-corrected chi connectivity index (χ2v) is 8.64. The first kappa shape index (κ1) is 18.7. The number of hydrogen-bond acceptors (Lipinski definition) is 4. The molecule has 1 aromatic carbocycles. The molecule has 29 heavy (non-hydrogen) atoms. The molecule has 4 aromatic rings. The fourth-order valence-corrected chi connectivity index (χ4v) is 5.34. The summed E-state index contributed by atoms with van der Waals surface area (Å²) in [5.74, 6) is 2.01. The van der Waals surface area contributed by atoms with Crippen LogP contribution in [0, 0.1) is 13.8 Å². The number of hydrogen-bond donors (Lipinski definition) is 0. The van der Waals surface area contributed by atoms with Gasteiger partial charge in [-0.05, 0) is 61.2 Å². The van der Waals surface area contributed by atoms with Crippen molar-refractivity contribution in [1.82, 2.24) is 14.6 Å². The zero-order valence-electron chi connectivity index (χ0n) is 17.3. The summed E-state index contributed by atoms with van der Waals surface area (Å²) < 4.78 is 9.27. The van der Waals surface area contributed by atoms with Crippen LogP contribution in [0.4, 0.5) is 5.82 Å². The van der Waals surface area contributed by atoms with Crippen LogP contribution in [0.3, 0.4) is 0 Å². The van der Waals surface area contributed by atoms with Gasteiger partial charge in [0.1, 0.15) is 11.4 Å². The van der Waals surface area contributed by atoms with E-state index in [1.807, 2.05) is 25.1 Å². The summed E-state index contributed by atoms with van der Waals surface area (Å²) in [7, 11) is 0. The Morgan fingerprint density at radius 2 is 1.90 bits per heavy atom. The van der Waals surface area contributed by atoms with Gasteiger partial charge in [0.2, 0.25) is 0 Å². The normalized spacial score (nSPS) is 13.9. The van der Waals surface area contributed by atoms with E-state index in [4.69, 9.17) is 14.5 Å².